The summed E-state index contributed by atoms with van der Waals surface area (Å²) in [5.74, 6) is -14.7. The number of halogens is 9. The lowest BCUT2D eigenvalue weighted by atomic mass is 9.83. The van der Waals surface area contributed by atoms with E-state index in [2.05, 4.69) is 126 Å². The standard InChI is InChI=1S/C33H34.C4HF9O3S/c1-32(2,3)25-15-11-22(12-16-25)28-19-20-29-27-10-8-7-9-24(27)21-30(29)31(28)23-13-17-26(18-14-23)33(4,5)6;5-1(6,3(9,10)11)2(7,8)4(12,13)17(14,15)16/h7-20H,21H2,1-6H3;(H,14,15,16). The van der Waals surface area contributed by atoms with Crippen molar-refractivity contribution in [2.45, 2.75) is 82.1 Å². The van der Waals surface area contributed by atoms with Gasteiger partial charge in [0.25, 0.3) is 0 Å². The Balaban J connectivity index is 0.000000282. The average Bonchev–Trinajstić information content (AvgIpc) is 3.38. The van der Waals surface area contributed by atoms with Gasteiger partial charge in [0.05, 0.1) is 0 Å². The van der Waals surface area contributed by atoms with E-state index in [1.54, 1.807) is 0 Å². The van der Waals surface area contributed by atoms with Crippen molar-refractivity contribution in [2.75, 3.05) is 0 Å². The van der Waals surface area contributed by atoms with E-state index in [1.807, 2.05) is 0 Å². The first-order valence-electron chi connectivity index (χ1n) is 15.3. The minimum atomic E-state index is -7.37. The summed E-state index contributed by atoms with van der Waals surface area (Å²) in [5, 5.41) is -7.00. The molecule has 0 bridgehead atoms. The Kier molecular flexibility index (Phi) is 9.92. The van der Waals surface area contributed by atoms with Crippen LogP contribution >= 0.6 is 0 Å². The van der Waals surface area contributed by atoms with Crippen LogP contribution in [-0.2, 0) is 27.4 Å². The smallest absolute Gasteiger partial charge is 0.281 e. The number of hydrogen-bond acceptors (Lipinski definition) is 2. The van der Waals surface area contributed by atoms with Crippen molar-refractivity contribution in [3.63, 3.8) is 0 Å². The largest absolute Gasteiger partial charge is 0.460 e. The third kappa shape index (κ3) is 7.03. The average molecular weight is 731 g/mol. The van der Waals surface area contributed by atoms with E-state index in [0.29, 0.717) is 0 Å². The molecule has 0 saturated carbocycles. The number of alkyl halides is 9. The number of rotatable bonds is 5. The van der Waals surface area contributed by atoms with Crippen molar-refractivity contribution in [2.24, 2.45) is 0 Å². The second kappa shape index (κ2) is 12.7. The van der Waals surface area contributed by atoms with Crippen LogP contribution < -0.4 is 0 Å². The Bertz CT molecular complexity index is 1970. The first kappa shape index (κ1) is 39.0. The number of hydrogen-bond donors (Lipinski definition) is 1. The van der Waals surface area contributed by atoms with Crippen LogP contribution in [0.1, 0.15) is 63.8 Å². The van der Waals surface area contributed by atoms with Crippen molar-refractivity contribution in [3.05, 3.63) is 107 Å². The summed E-state index contributed by atoms with van der Waals surface area (Å²) in [4.78, 5) is 0. The highest BCUT2D eigenvalue weighted by molar-refractivity contribution is 7.87. The maximum atomic E-state index is 12.2. The predicted molar refractivity (Wildman–Crippen MR) is 175 cm³/mol. The molecule has 50 heavy (non-hydrogen) atoms. The fourth-order valence-electron chi connectivity index (χ4n) is 5.59. The quantitative estimate of drug-likeness (QED) is 0.145. The van der Waals surface area contributed by atoms with Crippen LogP contribution in [0.2, 0.25) is 0 Å². The van der Waals surface area contributed by atoms with Crippen LogP contribution in [0.25, 0.3) is 33.4 Å². The van der Waals surface area contributed by atoms with Gasteiger partial charge in [-0.25, -0.2) is 0 Å². The zero-order valence-corrected chi connectivity index (χ0v) is 28.7. The monoisotopic (exact) mass is 730 g/mol. The molecule has 3 nitrogen and oxygen atoms in total. The van der Waals surface area contributed by atoms with Gasteiger partial charge in [0.15, 0.2) is 0 Å². The Morgan fingerprint density at radius 2 is 0.980 bits per heavy atom. The Hall–Kier alpha value is -3.84. The molecule has 4 aromatic carbocycles. The molecule has 0 radical (unpaired) electrons. The van der Waals surface area contributed by atoms with Crippen LogP contribution in [0.15, 0.2) is 84.9 Å². The van der Waals surface area contributed by atoms with E-state index in [4.69, 9.17) is 4.55 Å². The second-order valence-electron chi connectivity index (χ2n) is 14.1. The van der Waals surface area contributed by atoms with E-state index in [9.17, 15) is 47.9 Å². The van der Waals surface area contributed by atoms with Gasteiger partial charge in [0.2, 0.25) is 0 Å². The lowest BCUT2D eigenvalue weighted by Crippen LogP contribution is -2.63. The Morgan fingerprint density at radius 1 is 0.540 bits per heavy atom. The molecule has 0 spiro atoms. The van der Waals surface area contributed by atoms with E-state index in [1.165, 1.54) is 55.6 Å². The van der Waals surface area contributed by atoms with Gasteiger partial charge in [-0.1, -0.05) is 126 Å². The summed E-state index contributed by atoms with van der Waals surface area (Å²) >= 11 is 0. The molecule has 0 amide bonds. The number of fused-ring (bicyclic) bond motifs is 3. The lowest BCUT2D eigenvalue weighted by molar-refractivity contribution is -0.382. The van der Waals surface area contributed by atoms with E-state index < -0.39 is 33.4 Å². The SMILES string of the molecule is CC(C)(C)c1ccc(-c2ccc3c(c2-c2ccc(C(C)(C)C)cc2)Cc2ccccc2-3)cc1.O=S(=O)(O)C(F)(F)C(F)(F)C(F)(F)C(F)(F)F. The predicted octanol–water partition coefficient (Wildman–Crippen LogP) is 11.5. The molecule has 1 aliphatic rings. The van der Waals surface area contributed by atoms with Crippen molar-refractivity contribution in [3.8, 4) is 33.4 Å². The molecule has 1 aliphatic carbocycles. The molecule has 0 saturated heterocycles. The van der Waals surface area contributed by atoms with Crippen LogP contribution in [0.3, 0.4) is 0 Å². The summed E-state index contributed by atoms with van der Waals surface area (Å²) in [5.41, 5.74) is 14.0. The topological polar surface area (TPSA) is 54.4 Å². The molecule has 0 heterocycles. The van der Waals surface area contributed by atoms with Crippen LogP contribution in [-0.4, -0.2) is 36.2 Å². The van der Waals surface area contributed by atoms with E-state index in [0.717, 1.165) is 6.42 Å². The Morgan fingerprint density at radius 3 is 1.42 bits per heavy atom. The second-order valence-corrected chi connectivity index (χ2v) is 15.6. The third-order valence-electron chi connectivity index (χ3n) is 8.53. The molecule has 0 aromatic heterocycles. The van der Waals surface area contributed by atoms with Gasteiger partial charge >= 0.3 is 33.4 Å². The molecule has 0 unspecified atom stereocenters. The molecule has 4 aromatic rings. The molecule has 270 valence electrons. The maximum Gasteiger partial charge on any atom is 0.460 e. The van der Waals surface area contributed by atoms with E-state index in [-0.39, 0.29) is 10.8 Å². The summed E-state index contributed by atoms with van der Waals surface area (Å²) in [6.45, 7) is 13.7. The molecule has 0 atom stereocenters. The molecule has 5 rings (SSSR count). The van der Waals surface area contributed by atoms with Crippen molar-refractivity contribution >= 4 is 10.1 Å². The summed E-state index contributed by atoms with van der Waals surface area (Å²) in [7, 11) is -7.17. The van der Waals surface area contributed by atoms with Gasteiger partial charge in [-0.05, 0) is 72.9 Å². The zero-order valence-electron chi connectivity index (χ0n) is 27.9. The summed E-state index contributed by atoms with van der Waals surface area (Å²) < 4.78 is 134. The minimum absolute atomic E-state index is 0.152. The summed E-state index contributed by atoms with van der Waals surface area (Å²) in [6.07, 6.45) is -6.14. The van der Waals surface area contributed by atoms with Crippen LogP contribution in [0.4, 0.5) is 39.5 Å². The fourth-order valence-corrected chi connectivity index (χ4v) is 6.04. The molecular formula is C37H35F9O3S. The third-order valence-corrected chi connectivity index (χ3v) is 9.43. The van der Waals surface area contributed by atoms with Gasteiger partial charge in [0.1, 0.15) is 0 Å². The molecule has 0 fully saturated rings. The van der Waals surface area contributed by atoms with Gasteiger partial charge in [-0.3, -0.25) is 4.55 Å². The van der Waals surface area contributed by atoms with Crippen molar-refractivity contribution in [1.29, 1.82) is 0 Å². The van der Waals surface area contributed by atoms with Crippen LogP contribution in [0.5, 0.6) is 0 Å². The zero-order chi connectivity index (χ0) is 37.9. The minimum Gasteiger partial charge on any atom is -0.281 e. The molecular weight excluding hydrogens is 695 g/mol. The van der Waals surface area contributed by atoms with Gasteiger partial charge < -0.3 is 0 Å². The normalized spacial score (nSPS) is 14.1. The molecule has 1 N–H and O–H groups in total. The highest BCUT2D eigenvalue weighted by atomic mass is 32.2. The molecule has 0 aliphatic heterocycles. The summed E-state index contributed by atoms with van der Waals surface area (Å²) in [6, 6.07) is 32.0. The lowest BCUT2D eigenvalue weighted by Gasteiger charge is -2.31. The first-order chi connectivity index (χ1) is 22.6. The van der Waals surface area contributed by atoms with Crippen molar-refractivity contribution in [1.82, 2.24) is 0 Å². The van der Waals surface area contributed by atoms with Crippen LogP contribution in [0, 0.1) is 0 Å². The highest BCUT2D eigenvalue weighted by Crippen LogP contribution is 2.54. The first-order valence-corrected chi connectivity index (χ1v) is 16.7. The fraction of sp³-hybridized carbons (Fsp3) is 0.351. The van der Waals surface area contributed by atoms with Gasteiger partial charge in [-0.15, -0.1) is 0 Å². The highest BCUT2D eigenvalue weighted by Gasteiger charge is 2.85. The maximum absolute atomic E-state index is 12.2. The van der Waals surface area contributed by atoms with E-state index >= 15 is 0 Å². The van der Waals surface area contributed by atoms with Crippen molar-refractivity contribution < 1.29 is 52.5 Å². The Labute approximate surface area is 284 Å². The molecule has 13 heteroatoms. The van der Waals surface area contributed by atoms with Gasteiger partial charge in [-0.2, -0.15) is 47.9 Å². The van der Waals surface area contributed by atoms with Gasteiger partial charge in [0, 0.05) is 0 Å². The number of benzene rings is 4.